The first kappa shape index (κ1) is 18.0. The second-order valence-corrected chi connectivity index (χ2v) is 6.36. The molecule has 0 amide bonds. The second-order valence-electron chi connectivity index (χ2n) is 5.92. The Labute approximate surface area is 157 Å². The lowest BCUT2D eigenvalue weighted by Crippen LogP contribution is -2.06. The van der Waals surface area contributed by atoms with Crippen molar-refractivity contribution in [2.24, 2.45) is 0 Å². The minimum Gasteiger partial charge on any atom is -0.466 e. The van der Waals surface area contributed by atoms with Crippen LogP contribution < -0.4 is 0 Å². The molecule has 0 aromatic heterocycles. The number of aryl methyl sites for hydroxylation is 1. The maximum absolute atomic E-state index is 11.8. The predicted molar refractivity (Wildman–Crippen MR) is 104 cm³/mol. The summed E-state index contributed by atoms with van der Waals surface area (Å²) in [5.41, 5.74) is 3.25. The van der Waals surface area contributed by atoms with Gasteiger partial charge in [0, 0.05) is 17.0 Å². The van der Waals surface area contributed by atoms with Crippen LogP contribution in [0.1, 0.15) is 24.5 Å². The van der Waals surface area contributed by atoms with E-state index in [9.17, 15) is 10.1 Å². The van der Waals surface area contributed by atoms with Crippen LogP contribution in [0, 0.1) is 11.3 Å². The van der Waals surface area contributed by atoms with Gasteiger partial charge in [-0.25, -0.2) is 0 Å². The van der Waals surface area contributed by atoms with Crippen LogP contribution in [0.15, 0.2) is 54.6 Å². The molecule has 3 aromatic carbocycles. The molecule has 0 N–H and O–H groups in total. The number of fused-ring (bicyclic) bond motifs is 1. The lowest BCUT2D eigenvalue weighted by Gasteiger charge is -2.14. The van der Waals surface area contributed by atoms with Crippen molar-refractivity contribution < 1.29 is 9.53 Å². The summed E-state index contributed by atoms with van der Waals surface area (Å²) in [5.74, 6) is -0.252. The predicted octanol–water partition coefficient (Wildman–Crippen LogP) is 5.53. The van der Waals surface area contributed by atoms with Gasteiger partial charge in [0.15, 0.2) is 0 Å². The fraction of sp³-hybridized carbons (Fsp3) is 0.182. The topological polar surface area (TPSA) is 50.1 Å². The van der Waals surface area contributed by atoms with Gasteiger partial charge in [-0.3, -0.25) is 4.79 Å². The molecule has 130 valence electrons. The average Bonchev–Trinajstić information content (AvgIpc) is 2.66. The van der Waals surface area contributed by atoms with Crippen LogP contribution in [0.5, 0.6) is 0 Å². The quantitative estimate of drug-likeness (QED) is 0.560. The molecule has 0 aliphatic rings. The van der Waals surface area contributed by atoms with E-state index in [4.69, 9.17) is 16.3 Å². The summed E-state index contributed by atoms with van der Waals surface area (Å²) >= 11 is 6.00. The molecule has 0 radical (unpaired) electrons. The average molecular weight is 364 g/mol. The van der Waals surface area contributed by atoms with Gasteiger partial charge in [-0.05, 0) is 53.4 Å². The zero-order valence-corrected chi connectivity index (χ0v) is 15.2. The SMILES string of the molecule is CCOC(=O)CCc1c(C#N)c(-c2ccc(Cl)cc2)cc2ccccc12. The highest BCUT2D eigenvalue weighted by Crippen LogP contribution is 2.33. The van der Waals surface area contributed by atoms with Crippen LogP contribution in [0.25, 0.3) is 21.9 Å². The Morgan fingerprint density at radius 1 is 1.15 bits per heavy atom. The molecule has 3 nitrogen and oxygen atoms in total. The molecule has 0 aliphatic carbocycles. The number of nitrogens with zero attached hydrogens (tertiary/aromatic N) is 1. The maximum Gasteiger partial charge on any atom is 0.306 e. The van der Waals surface area contributed by atoms with Crippen molar-refractivity contribution in [3.05, 3.63) is 70.7 Å². The van der Waals surface area contributed by atoms with Gasteiger partial charge in [-0.1, -0.05) is 48.0 Å². The fourth-order valence-corrected chi connectivity index (χ4v) is 3.25. The van der Waals surface area contributed by atoms with Gasteiger partial charge in [-0.2, -0.15) is 5.26 Å². The Kier molecular flexibility index (Phi) is 5.55. The molecule has 0 spiro atoms. The Morgan fingerprint density at radius 3 is 2.58 bits per heavy atom. The number of hydrogen-bond donors (Lipinski definition) is 0. The van der Waals surface area contributed by atoms with Crippen LogP contribution in [-0.4, -0.2) is 12.6 Å². The van der Waals surface area contributed by atoms with E-state index in [1.165, 1.54) is 0 Å². The molecule has 0 heterocycles. The molecule has 0 unspecified atom stereocenters. The van der Waals surface area contributed by atoms with Gasteiger partial charge in [0.05, 0.1) is 12.2 Å². The van der Waals surface area contributed by atoms with Gasteiger partial charge in [0.1, 0.15) is 6.07 Å². The van der Waals surface area contributed by atoms with E-state index >= 15 is 0 Å². The number of rotatable bonds is 5. The van der Waals surface area contributed by atoms with E-state index in [1.807, 2.05) is 54.6 Å². The van der Waals surface area contributed by atoms with E-state index < -0.39 is 0 Å². The number of carbonyl (C=O) groups excluding carboxylic acids is 1. The molecular formula is C22H18ClNO2. The normalized spacial score (nSPS) is 10.5. The van der Waals surface area contributed by atoms with Crippen LogP contribution in [0.3, 0.4) is 0 Å². The molecular weight excluding hydrogens is 346 g/mol. The number of carbonyl (C=O) groups is 1. The standard InChI is InChI=1S/C22H18ClNO2/c1-2-26-22(25)12-11-19-18-6-4-3-5-16(18)13-20(21(19)14-24)15-7-9-17(23)10-8-15/h3-10,13H,2,11-12H2,1H3. The van der Waals surface area contributed by atoms with Crippen LogP contribution in [0.4, 0.5) is 0 Å². The highest BCUT2D eigenvalue weighted by atomic mass is 35.5. The molecule has 4 heteroatoms. The molecule has 0 atom stereocenters. The van der Waals surface area contributed by atoms with E-state index in [2.05, 4.69) is 6.07 Å². The zero-order chi connectivity index (χ0) is 18.5. The second kappa shape index (κ2) is 8.03. The zero-order valence-electron chi connectivity index (χ0n) is 14.5. The first-order chi connectivity index (χ1) is 12.6. The van der Waals surface area contributed by atoms with Crippen LogP contribution in [-0.2, 0) is 16.0 Å². The maximum atomic E-state index is 11.8. The van der Waals surface area contributed by atoms with E-state index in [0.717, 1.165) is 27.5 Å². The smallest absolute Gasteiger partial charge is 0.306 e. The Bertz CT molecular complexity index is 987. The summed E-state index contributed by atoms with van der Waals surface area (Å²) in [6, 6.07) is 19.7. The number of halogens is 1. The summed E-state index contributed by atoms with van der Waals surface area (Å²) in [6.45, 7) is 2.14. The molecule has 0 fully saturated rings. The highest BCUT2D eigenvalue weighted by molar-refractivity contribution is 6.30. The summed E-state index contributed by atoms with van der Waals surface area (Å²) < 4.78 is 5.04. The van der Waals surface area contributed by atoms with E-state index in [1.54, 1.807) is 6.92 Å². The molecule has 3 aromatic rings. The van der Waals surface area contributed by atoms with Crippen LogP contribution >= 0.6 is 11.6 Å². The number of esters is 1. The van der Waals surface area contributed by atoms with Crippen LogP contribution in [0.2, 0.25) is 5.02 Å². The van der Waals surface area contributed by atoms with Gasteiger partial charge in [0.25, 0.3) is 0 Å². The van der Waals surface area contributed by atoms with Crippen molar-refractivity contribution in [3.63, 3.8) is 0 Å². The first-order valence-electron chi connectivity index (χ1n) is 8.50. The Morgan fingerprint density at radius 2 is 1.88 bits per heavy atom. The van der Waals surface area contributed by atoms with Gasteiger partial charge < -0.3 is 4.74 Å². The third kappa shape index (κ3) is 3.71. The largest absolute Gasteiger partial charge is 0.466 e. The molecule has 0 bridgehead atoms. The van der Waals surface area contributed by atoms with Crippen molar-refractivity contribution in [3.8, 4) is 17.2 Å². The fourth-order valence-electron chi connectivity index (χ4n) is 3.13. The van der Waals surface area contributed by atoms with Gasteiger partial charge in [0.2, 0.25) is 0 Å². The van der Waals surface area contributed by atoms with E-state index in [0.29, 0.717) is 23.6 Å². The van der Waals surface area contributed by atoms with Crippen molar-refractivity contribution >= 4 is 28.3 Å². The third-order valence-electron chi connectivity index (χ3n) is 4.31. The van der Waals surface area contributed by atoms with Crippen molar-refractivity contribution in [1.82, 2.24) is 0 Å². The van der Waals surface area contributed by atoms with Crippen molar-refractivity contribution in [2.45, 2.75) is 19.8 Å². The minimum absolute atomic E-state index is 0.247. The number of ether oxygens (including phenoxy) is 1. The molecule has 0 aliphatic heterocycles. The molecule has 26 heavy (non-hydrogen) atoms. The van der Waals surface area contributed by atoms with Crippen molar-refractivity contribution in [1.29, 1.82) is 5.26 Å². The lowest BCUT2D eigenvalue weighted by atomic mass is 9.89. The number of benzene rings is 3. The summed E-state index contributed by atoms with van der Waals surface area (Å²) in [6.07, 6.45) is 0.709. The summed E-state index contributed by atoms with van der Waals surface area (Å²) in [7, 11) is 0. The van der Waals surface area contributed by atoms with Crippen molar-refractivity contribution in [2.75, 3.05) is 6.61 Å². The summed E-state index contributed by atoms with van der Waals surface area (Å²) in [4.78, 5) is 11.8. The Balaban J connectivity index is 2.15. The highest BCUT2D eigenvalue weighted by Gasteiger charge is 2.16. The third-order valence-corrected chi connectivity index (χ3v) is 4.56. The lowest BCUT2D eigenvalue weighted by molar-refractivity contribution is -0.143. The first-order valence-corrected chi connectivity index (χ1v) is 8.88. The summed E-state index contributed by atoms with van der Waals surface area (Å²) in [5, 5.41) is 12.5. The van der Waals surface area contributed by atoms with Gasteiger partial charge >= 0.3 is 5.97 Å². The Hall–Kier alpha value is -2.83. The van der Waals surface area contributed by atoms with Gasteiger partial charge in [-0.15, -0.1) is 0 Å². The monoisotopic (exact) mass is 363 g/mol. The van der Waals surface area contributed by atoms with E-state index in [-0.39, 0.29) is 12.4 Å². The number of nitriles is 1. The molecule has 3 rings (SSSR count). The number of hydrogen-bond acceptors (Lipinski definition) is 3. The molecule has 0 saturated carbocycles. The minimum atomic E-state index is -0.252. The molecule has 0 saturated heterocycles.